The van der Waals surface area contributed by atoms with E-state index in [1.165, 1.54) is 36.2 Å². The molecule has 0 spiro atoms. The summed E-state index contributed by atoms with van der Waals surface area (Å²) in [7, 11) is 0. The number of carbonyl (C=O) groups excluding carboxylic acids is 1. The minimum absolute atomic E-state index is 0.125. The molecule has 2 aromatic heterocycles. The number of thiophene rings is 1. The predicted octanol–water partition coefficient (Wildman–Crippen LogP) is 5.12. The lowest BCUT2D eigenvalue weighted by atomic mass is 9.94. The summed E-state index contributed by atoms with van der Waals surface area (Å²) in [6, 6.07) is 12.2. The monoisotopic (exact) mass is 395 g/mol. The molecule has 146 valence electrons. The maximum atomic E-state index is 13.1. The van der Waals surface area contributed by atoms with Crippen LogP contribution >= 0.6 is 11.3 Å². The van der Waals surface area contributed by atoms with Crippen LogP contribution in [0.25, 0.3) is 11.4 Å². The first-order valence-corrected chi connectivity index (χ1v) is 10.8. The largest absolute Gasteiger partial charge is 0.339 e. The summed E-state index contributed by atoms with van der Waals surface area (Å²) >= 11 is 1.50. The first kappa shape index (κ1) is 18.9. The minimum atomic E-state index is 0.125. The van der Waals surface area contributed by atoms with Gasteiger partial charge < -0.3 is 9.42 Å². The Bertz CT molecular complexity index is 896. The molecular weight excluding hydrogens is 370 g/mol. The maximum Gasteiger partial charge on any atom is 0.264 e. The van der Waals surface area contributed by atoms with Gasteiger partial charge in [-0.15, -0.1) is 11.3 Å². The summed E-state index contributed by atoms with van der Waals surface area (Å²) in [5.74, 6) is 1.30. The Balaban J connectivity index is 1.46. The van der Waals surface area contributed by atoms with Crippen molar-refractivity contribution >= 4 is 17.2 Å². The van der Waals surface area contributed by atoms with E-state index < -0.39 is 0 Å². The fourth-order valence-electron chi connectivity index (χ4n) is 3.78. The van der Waals surface area contributed by atoms with Crippen LogP contribution in [0.15, 0.2) is 46.3 Å². The summed E-state index contributed by atoms with van der Waals surface area (Å²) in [5, 5.41) is 6.07. The number of nitrogens with zero attached hydrogens (tertiary/aromatic N) is 3. The zero-order valence-electron chi connectivity index (χ0n) is 16.1. The Morgan fingerprint density at radius 1 is 1.18 bits per heavy atom. The van der Waals surface area contributed by atoms with Gasteiger partial charge in [0.05, 0.1) is 4.88 Å². The molecule has 1 aliphatic rings. The van der Waals surface area contributed by atoms with E-state index >= 15 is 0 Å². The number of aromatic nitrogens is 2. The molecule has 6 heteroatoms. The Morgan fingerprint density at radius 3 is 2.68 bits per heavy atom. The summed E-state index contributed by atoms with van der Waals surface area (Å²) < 4.78 is 5.46. The van der Waals surface area contributed by atoms with Gasteiger partial charge in [-0.1, -0.05) is 60.3 Å². The molecule has 2 heterocycles. The molecular formula is C22H25N3O2S. The molecule has 3 aromatic rings. The molecule has 1 aromatic carbocycles. The number of hydrogen-bond donors (Lipinski definition) is 0. The molecule has 28 heavy (non-hydrogen) atoms. The lowest BCUT2D eigenvalue weighted by Crippen LogP contribution is -2.42. The third kappa shape index (κ3) is 4.33. The van der Waals surface area contributed by atoms with Crippen molar-refractivity contribution in [2.24, 2.45) is 0 Å². The molecule has 1 aliphatic carbocycles. The number of amides is 1. The highest BCUT2D eigenvalue weighted by Crippen LogP contribution is 2.25. The van der Waals surface area contributed by atoms with Gasteiger partial charge in [0.2, 0.25) is 11.7 Å². The van der Waals surface area contributed by atoms with Gasteiger partial charge in [-0.3, -0.25) is 4.79 Å². The van der Waals surface area contributed by atoms with Crippen LogP contribution < -0.4 is 0 Å². The van der Waals surface area contributed by atoms with Crippen LogP contribution in [0.2, 0.25) is 0 Å². The Kier molecular flexibility index (Phi) is 5.86. The van der Waals surface area contributed by atoms with Gasteiger partial charge >= 0.3 is 0 Å². The van der Waals surface area contributed by atoms with Gasteiger partial charge in [0.15, 0.2) is 0 Å². The standard InChI is InChI=1S/C22H25N3O2S/c1-16-9-11-17(12-10-16)21-23-20(27-24-21)13-14-25(18-6-3-2-4-7-18)22(26)19-8-5-15-28-19/h5,8-12,15,18H,2-4,6-7,13-14H2,1H3. The molecule has 0 unspecified atom stereocenters. The molecule has 1 fully saturated rings. The first-order valence-electron chi connectivity index (χ1n) is 9.95. The van der Waals surface area contributed by atoms with Gasteiger partial charge in [0.1, 0.15) is 0 Å². The Labute approximate surface area is 169 Å². The minimum Gasteiger partial charge on any atom is -0.339 e. The van der Waals surface area contributed by atoms with Crippen LogP contribution in [0.5, 0.6) is 0 Å². The second-order valence-electron chi connectivity index (χ2n) is 7.40. The molecule has 0 saturated heterocycles. The first-order chi connectivity index (χ1) is 13.7. The Morgan fingerprint density at radius 2 is 1.96 bits per heavy atom. The van der Waals surface area contributed by atoms with Crippen LogP contribution in [0.3, 0.4) is 0 Å². The highest BCUT2D eigenvalue weighted by molar-refractivity contribution is 7.12. The van der Waals surface area contributed by atoms with Crippen LogP contribution in [0.4, 0.5) is 0 Å². The molecule has 0 radical (unpaired) electrons. The summed E-state index contributed by atoms with van der Waals surface area (Å²) in [6.07, 6.45) is 6.38. The van der Waals surface area contributed by atoms with Crippen LogP contribution in [0, 0.1) is 6.92 Å². The normalized spacial score (nSPS) is 14.9. The summed E-state index contributed by atoms with van der Waals surface area (Å²) in [4.78, 5) is 20.4. The molecule has 4 rings (SSSR count). The van der Waals surface area contributed by atoms with E-state index in [2.05, 4.69) is 17.1 Å². The average Bonchev–Trinajstić information content (AvgIpc) is 3.42. The molecule has 1 amide bonds. The van der Waals surface area contributed by atoms with E-state index in [1.54, 1.807) is 0 Å². The van der Waals surface area contributed by atoms with Crippen molar-refractivity contribution in [3.05, 3.63) is 58.1 Å². The van der Waals surface area contributed by atoms with Gasteiger partial charge in [-0.25, -0.2) is 0 Å². The van der Waals surface area contributed by atoms with Crippen molar-refractivity contribution < 1.29 is 9.32 Å². The van der Waals surface area contributed by atoms with E-state index in [9.17, 15) is 4.79 Å². The fourth-order valence-corrected chi connectivity index (χ4v) is 4.46. The van der Waals surface area contributed by atoms with Crippen molar-refractivity contribution in [1.82, 2.24) is 15.0 Å². The molecule has 0 atom stereocenters. The zero-order valence-corrected chi connectivity index (χ0v) is 17.0. The van der Waals surface area contributed by atoms with E-state index in [-0.39, 0.29) is 5.91 Å². The second kappa shape index (κ2) is 8.69. The van der Waals surface area contributed by atoms with Crippen LogP contribution in [0.1, 0.15) is 53.2 Å². The lowest BCUT2D eigenvalue weighted by molar-refractivity contribution is 0.0637. The molecule has 0 aliphatic heterocycles. The van der Waals surface area contributed by atoms with E-state index in [0.29, 0.717) is 30.7 Å². The topological polar surface area (TPSA) is 59.2 Å². The van der Waals surface area contributed by atoms with E-state index in [0.717, 1.165) is 23.3 Å². The van der Waals surface area contributed by atoms with Crippen molar-refractivity contribution in [2.75, 3.05) is 6.54 Å². The van der Waals surface area contributed by atoms with Gasteiger partial charge in [-0.2, -0.15) is 4.98 Å². The number of benzene rings is 1. The molecule has 0 N–H and O–H groups in total. The highest BCUT2D eigenvalue weighted by Gasteiger charge is 2.27. The zero-order chi connectivity index (χ0) is 19.3. The SMILES string of the molecule is Cc1ccc(-c2noc(CCN(C(=O)c3cccs3)C3CCCCC3)n2)cc1. The van der Waals surface area contributed by atoms with E-state index in [4.69, 9.17) is 4.52 Å². The van der Waals surface area contributed by atoms with Crippen LogP contribution in [-0.4, -0.2) is 33.5 Å². The molecule has 0 bridgehead atoms. The predicted molar refractivity (Wildman–Crippen MR) is 110 cm³/mol. The Hall–Kier alpha value is -2.47. The van der Waals surface area contributed by atoms with Crippen LogP contribution in [-0.2, 0) is 6.42 Å². The third-order valence-corrected chi connectivity index (χ3v) is 6.21. The fraction of sp³-hybridized carbons (Fsp3) is 0.409. The molecule has 1 saturated carbocycles. The van der Waals surface area contributed by atoms with Crippen molar-refractivity contribution in [1.29, 1.82) is 0 Å². The van der Waals surface area contributed by atoms with E-state index in [1.807, 2.05) is 46.7 Å². The van der Waals surface area contributed by atoms with Gasteiger partial charge in [0.25, 0.3) is 5.91 Å². The summed E-state index contributed by atoms with van der Waals surface area (Å²) in [6.45, 7) is 2.66. The van der Waals surface area contributed by atoms with Crippen molar-refractivity contribution in [3.8, 4) is 11.4 Å². The van der Waals surface area contributed by atoms with Crippen molar-refractivity contribution in [3.63, 3.8) is 0 Å². The highest BCUT2D eigenvalue weighted by atomic mass is 32.1. The number of rotatable bonds is 6. The second-order valence-corrected chi connectivity index (χ2v) is 8.34. The smallest absolute Gasteiger partial charge is 0.264 e. The van der Waals surface area contributed by atoms with Crippen molar-refractivity contribution in [2.45, 2.75) is 51.5 Å². The van der Waals surface area contributed by atoms with Gasteiger partial charge in [0, 0.05) is 24.6 Å². The number of hydrogen-bond acceptors (Lipinski definition) is 5. The number of carbonyl (C=O) groups is 1. The average molecular weight is 396 g/mol. The summed E-state index contributed by atoms with van der Waals surface area (Å²) in [5.41, 5.74) is 2.14. The lowest BCUT2D eigenvalue weighted by Gasteiger charge is -2.34. The maximum absolute atomic E-state index is 13.1. The quantitative estimate of drug-likeness (QED) is 0.581. The third-order valence-electron chi connectivity index (χ3n) is 5.35. The number of aryl methyl sites for hydroxylation is 1. The van der Waals surface area contributed by atoms with Gasteiger partial charge in [-0.05, 0) is 31.2 Å². The molecule has 5 nitrogen and oxygen atoms in total.